The first-order valence-corrected chi connectivity index (χ1v) is 9.83. The Morgan fingerprint density at radius 3 is 2.04 bits per heavy atom. The van der Waals surface area contributed by atoms with Gasteiger partial charge in [0.15, 0.2) is 0 Å². The average molecular weight is 561 g/mol. The second-order valence-corrected chi connectivity index (χ2v) is 8.07. The molecule has 0 saturated heterocycles. The maximum absolute atomic E-state index is 10.8. The molecule has 0 unspecified atom stereocenters. The van der Waals surface area contributed by atoms with Crippen molar-refractivity contribution >= 4 is 55.3 Å². The van der Waals surface area contributed by atoms with Crippen molar-refractivity contribution in [3.05, 3.63) is 43.5 Å². The van der Waals surface area contributed by atoms with Gasteiger partial charge in [-0.05, 0) is 81.6 Å². The smallest absolute Gasteiger partial charge is 0.146 e. The first kappa shape index (κ1) is 18.5. The van der Waals surface area contributed by atoms with Gasteiger partial charge in [0.25, 0.3) is 0 Å². The standard InChI is InChI=1S/C14H12I2O6S/c15-12-7-9(17)8-13(16)14(12)22-6-5-21-10-1-3-11(4-2-10)23(18,19)20/h1-4,7-8,17H,5-6H2,(H,18,19,20)/p-1. The van der Waals surface area contributed by atoms with Crippen LogP contribution in [0.5, 0.6) is 17.2 Å². The summed E-state index contributed by atoms with van der Waals surface area (Å²) in [5, 5.41) is 9.46. The Hall–Kier alpha value is -0.790. The molecular weight excluding hydrogens is 550 g/mol. The second kappa shape index (κ2) is 7.85. The molecule has 0 aromatic heterocycles. The van der Waals surface area contributed by atoms with Gasteiger partial charge in [0.05, 0.1) is 12.0 Å². The van der Waals surface area contributed by atoms with Crippen LogP contribution < -0.4 is 9.47 Å². The van der Waals surface area contributed by atoms with E-state index in [1.54, 1.807) is 12.1 Å². The molecule has 0 saturated carbocycles. The predicted octanol–water partition coefficient (Wildman–Crippen LogP) is 2.96. The molecule has 0 aliphatic carbocycles. The van der Waals surface area contributed by atoms with Crippen molar-refractivity contribution in [2.24, 2.45) is 0 Å². The summed E-state index contributed by atoms with van der Waals surface area (Å²) in [6.45, 7) is 0.523. The molecule has 124 valence electrons. The molecule has 0 atom stereocenters. The van der Waals surface area contributed by atoms with E-state index in [1.165, 1.54) is 24.3 Å². The van der Waals surface area contributed by atoms with E-state index >= 15 is 0 Å². The third kappa shape index (κ3) is 5.36. The van der Waals surface area contributed by atoms with E-state index in [1.807, 2.05) is 0 Å². The van der Waals surface area contributed by atoms with Crippen LogP contribution in [-0.4, -0.2) is 31.3 Å². The topological polar surface area (TPSA) is 95.9 Å². The van der Waals surface area contributed by atoms with Crippen molar-refractivity contribution in [3.63, 3.8) is 0 Å². The van der Waals surface area contributed by atoms with Crippen molar-refractivity contribution in [1.29, 1.82) is 0 Å². The molecule has 0 amide bonds. The number of hydrogen-bond donors (Lipinski definition) is 1. The zero-order chi connectivity index (χ0) is 17.0. The van der Waals surface area contributed by atoms with Crippen molar-refractivity contribution < 1.29 is 27.6 Å². The third-order valence-corrected chi connectivity index (χ3v) is 5.15. The van der Waals surface area contributed by atoms with Gasteiger partial charge in [-0.2, -0.15) is 0 Å². The first-order valence-electron chi connectivity index (χ1n) is 6.27. The Bertz CT molecular complexity index is 766. The molecule has 2 aromatic carbocycles. The number of benzene rings is 2. The number of halogens is 2. The lowest BCUT2D eigenvalue weighted by Crippen LogP contribution is -2.10. The van der Waals surface area contributed by atoms with Crippen LogP contribution in [0.1, 0.15) is 0 Å². The molecule has 9 heteroatoms. The van der Waals surface area contributed by atoms with Gasteiger partial charge in [0, 0.05) is 0 Å². The number of hydrogen-bond acceptors (Lipinski definition) is 6. The molecule has 0 aliphatic rings. The Kier molecular flexibility index (Phi) is 6.33. The quantitative estimate of drug-likeness (QED) is 0.331. The molecule has 2 aromatic rings. The van der Waals surface area contributed by atoms with Crippen LogP contribution in [0, 0.1) is 7.14 Å². The monoisotopic (exact) mass is 561 g/mol. The van der Waals surface area contributed by atoms with E-state index in [2.05, 4.69) is 45.2 Å². The maximum Gasteiger partial charge on any atom is 0.146 e. The molecule has 2 rings (SSSR count). The van der Waals surface area contributed by atoms with Gasteiger partial charge in [-0.25, -0.2) is 8.42 Å². The summed E-state index contributed by atoms with van der Waals surface area (Å²) in [5.74, 6) is 1.28. The highest BCUT2D eigenvalue weighted by atomic mass is 127. The van der Waals surface area contributed by atoms with Crippen LogP contribution in [0.25, 0.3) is 0 Å². The van der Waals surface area contributed by atoms with Gasteiger partial charge in [-0.15, -0.1) is 0 Å². The lowest BCUT2D eigenvalue weighted by molar-refractivity contribution is 0.215. The molecule has 0 bridgehead atoms. The number of phenols is 1. The summed E-state index contributed by atoms with van der Waals surface area (Å²) < 4.78 is 45.1. The van der Waals surface area contributed by atoms with E-state index < -0.39 is 10.1 Å². The van der Waals surface area contributed by atoms with Crippen molar-refractivity contribution in [1.82, 2.24) is 0 Å². The summed E-state index contributed by atoms with van der Waals surface area (Å²) in [5.41, 5.74) is 0. The normalized spacial score (nSPS) is 11.3. The highest BCUT2D eigenvalue weighted by Gasteiger charge is 2.08. The molecule has 0 aliphatic heterocycles. The summed E-state index contributed by atoms with van der Waals surface area (Å²) in [4.78, 5) is -0.297. The largest absolute Gasteiger partial charge is 0.744 e. The first-order chi connectivity index (χ1) is 10.8. The average Bonchev–Trinajstić information content (AvgIpc) is 2.45. The molecule has 6 nitrogen and oxygen atoms in total. The van der Waals surface area contributed by atoms with E-state index in [4.69, 9.17) is 9.47 Å². The zero-order valence-corrected chi connectivity index (χ0v) is 16.7. The van der Waals surface area contributed by atoms with Crippen LogP contribution in [0.2, 0.25) is 0 Å². The van der Waals surface area contributed by atoms with E-state index in [9.17, 15) is 18.1 Å². The van der Waals surface area contributed by atoms with Gasteiger partial charge in [0.1, 0.15) is 40.6 Å². The van der Waals surface area contributed by atoms with Crippen LogP contribution >= 0.6 is 45.2 Å². The number of aromatic hydroxyl groups is 1. The lowest BCUT2D eigenvalue weighted by Gasteiger charge is -2.12. The van der Waals surface area contributed by atoms with E-state index in [0.29, 0.717) is 11.5 Å². The molecule has 0 fully saturated rings. The predicted molar refractivity (Wildman–Crippen MR) is 98.9 cm³/mol. The maximum atomic E-state index is 10.8. The summed E-state index contributed by atoms with van der Waals surface area (Å²) in [6.07, 6.45) is 0. The fourth-order valence-corrected chi connectivity index (χ4v) is 4.21. The van der Waals surface area contributed by atoms with Gasteiger partial charge < -0.3 is 19.1 Å². The minimum atomic E-state index is -4.45. The molecular formula is C14H11I2O6S-. The number of rotatable bonds is 6. The molecule has 0 radical (unpaired) electrons. The number of ether oxygens (including phenoxy) is 2. The van der Waals surface area contributed by atoms with Crippen LogP contribution in [-0.2, 0) is 10.1 Å². The number of phenolic OH excluding ortho intramolecular Hbond substituents is 1. The van der Waals surface area contributed by atoms with Crippen LogP contribution in [0.15, 0.2) is 41.3 Å². The Balaban J connectivity index is 1.89. The van der Waals surface area contributed by atoms with E-state index in [-0.39, 0.29) is 23.9 Å². The Morgan fingerprint density at radius 2 is 1.52 bits per heavy atom. The summed E-state index contributed by atoms with van der Waals surface area (Å²) >= 11 is 4.14. The fraction of sp³-hybridized carbons (Fsp3) is 0.143. The van der Waals surface area contributed by atoms with Crippen LogP contribution in [0.3, 0.4) is 0 Å². The Labute approximate surface area is 160 Å². The van der Waals surface area contributed by atoms with Gasteiger partial charge in [-0.1, -0.05) is 0 Å². The lowest BCUT2D eigenvalue weighted by atomic mass is 10.3. The zero-order valence-electron chi connectivity index (χ0n) is 11.5. The molecule has 0 spiro atoms. The van der Waals surface area contributed by atoms with E-state index in [0.717, 1.165) is 7.14 Å². The highest BCUT2D eigenvalue weighted by molar-refractivity contribution is 14.1. The van der Waals surface area contributed by atoms with Gasteiger partial charge in [-0.3, -0.25) is 0 Å². The fourth-order valence-electron chi connectivity index (χ4n) is 1.69. The SMILES string of the molecule is O=S(=O)([O-])c1ccc(OCCOc2c(I)cc(O)cc2I)cc1. The van der Waals surface area contributed by atoms with Crippen molar-refractivity contribution in [2.45, 2.75) is 4.90 Å². The Morgan fingerprint density at radius 1 is 1.00 bits per heavy atom. The minimum Gasteiger partial charge on any atom is -0.744 e. The molecule has 0 heterocycles. The van der Waals surface area contributed by atoms with Gasteiger partial charge in [0.2, 0.25) is 0 Å². The minimum absolute atomic E-state index is 0.177. The highest BCUT2D eigenvalue weighted by Crippen LogP contribution is 2.31. The molecule has 1 N–H and O–H groups in total. The third-order valence-electron chi connectivity index (χ3n) is 2.69. The van der Waals surface area contributed by atoms with Crippen molar-refractivity contribution in [3.8, 4) is 17.2 Å². The molecule has 23 heavy (non-hydrogen) atoms. The summed E-state index contributed by atoms with van der Waals surface area (Å²) in [7, 11) is -4.45. The van der Waals surface area contributed by atoms with Gasteiger partial charge >= 0.3 is 0 Å². The van der Waals surface area contributed by atoms with Crippen LogP contribution in [0.4, 0.5) is 0 Å². The summed E-state index contributed by atoms with van der Waals surface area (Å²) in [6, 6.07) is 8.43. The van der Waals surface area contributed by atoms with Crippen molar-refractivity contribution in [2.75, 3.05) is 13.2 Å². The second-order valence-electron chi connectivity index (χ2n) is 4.36.